The number of benzene rings is 1. The summed E-state index contributed by atoms with van der Waals surface area (Å²) in [7, 11) is 1.32. The number of carbonyl (C=O) groups excluding carboxylic acids is 1. The maximum absolute atomic E-state index is 11.4. The van der Waals surface area contributed by atoms with E-state index in [1.807, 2.05) is 37.3 Å². The van der Waals surface area contributed by atoms with Gasteiger partial charge in [-0.05, 0) is 17.6 Å². The fraction of sp³-hybridized carbons (Fsp3) is 0.400. The van der Waals surface area contributed by atoms with Gasteiger partial charge in [0, 0.05) is 0 Å². The van der Waals surface area contributed by atoms with Crippen molar-refractivity contribution in [3.05, 3.63) is 42.5 Å². The molecule has 98 valence electrons. The van der Waals surface area contributed by atoms with Crippen LogP contribution in [-0.4, -0.2) is 23.8 Å². The third-order valence-electron chi connectivity index (χ3n) is 3.01. The first kappa shape index (κ1) is 14.5. The second-order valence-electron chi connectivity index (χ2n) is 4.38. The van der Waals surface area contributed by atoms with Crippen LogP contribution in [0.25, 0.3) is 5.57 Å². The Bertz CT molecular complexity index is 411. The summed E-state index contributed by atoms with van der Waals surface area (Å²) >= 11 is 0. The van der Waals surface area contributed by atoms with E-state index < -0.39 is 11.6 Å². The number of aliphatic hydroxyl groups is 1. The summed E-state index contributed by atoms with van der Waals surface area (Å²) in [4.78, 5) is 11.4. The molecule has 3 heteroatoms. The molecule has 3 nitrogen and oxygen atoms in total. The number of rotatable bonds is 6. The first-order valence-electron chi connectivity index (χ1n) is 6.07. The lowest BCUT2D eigenvalue weighted by Crippen LogP contribution is -2.33. The van der Waals surface area contributed by atoms with E-state index in [0.717, 1.165) is 12.0 Å². The SMILES string of the molecule is C=C(c1ccccc1)C(O)(CCC)CC(=O)OC. The van der Waals surface area contributed by atoms with Crippen molar-refractivity contribution in [2.24, 2.45) is 0 Å². The molecule has 1 N–H and O–H groups in total. The highest BCUT2D eigenvalue weighted by Gasteiger charge is 2.33. The zero-order valence-electron chi connectivity index (χ0n) is 11.0. The topological polar surface area (TPSA) is 46.5 Å². The maximum atomic E-state index is 11.4. The molecule has 1 aromatic rings. The van der Waals surface area contributed by atoms with Crippen LogP contribution in [0.5, 0.6) is 0 Å². The molecule has 0 aliphatic rings. The average molecular weight is 248 g/mol. The summed E-state index contributed by atoms with van der Waals surface area (Å²) in [6.07, 6.45) is 1.18. The van der Waals surface area contributed by atoms with E-state index in [-0.39, 0.29) is 6.42 Å². The summed E-state index contributed by atoms with van der Waals surface area (Å²) in [5, 5.41) is 10.6. The lowest BCUT2D eigenvalue weighted by Gasteiger charge is -2.29. The third kappa shape index (κ3) is 3.44. The number of ether oxygens (including phenoxy) is 1. The molecule has 0 heterocycles. The predicted molar refractivity (Wildman–Crippen MR) is 72.0 cm³/mol. The summed E-state index contributed by atoms with van der Waals surface area (Å²) in [6.45, 7) is 5.90. The Kier molecular flexibility index (Phi) is 5.10. The van der Waals surface area contributed by atoms with E-state index in [4.69, 9.17) is 0 Å². The van der Waals surface area contributed by atoms with Crippen molar-refractivity contribution in [3.63, 3.8) is 0 Å². The molecule has 0 aromatic heterocycles. The quantitative estimate of drug-likeness (QED) is 0.787. The van der Waals surface area contributed by atoms with Crippen molar-refractivity contribution in [2.45, 2.75) is 31.8 Å². The Labute approximate surface area is 108 Å². The Balaban J connectivity index is 2.97. The molecule has 0 spiro atoms. The van der Waals surface area contributed by atoms with Crippen LogP contribution in [-0.2, 0) is 9.53 Å². The molecule has 1 unspecified atom stereocenters. The van der Waals surface area contributed by atoms with E-state index in [2.05, 4.69) is 11.3 Å². The Morgan fingerprint density at radius 1 is 1.39 bits per heavy atom. The lowest BCUT2D eigenvalue weighted by atomic mass is 9.83. The minimum Gasteiger partial charge on any atom is -0.469 e. The van der Waals surface area contributed by atoms with Crippen molar-refractivity contribution >= 4 is 11.5 Å². The van der Waals surface area contributed by atoms with Gasteiger partial charge in [-0.3, -0.25) is 4.79 Å². The second kappa shape index (κ2) is 6.36. The zero-order valence-corrected chi connectivity index (χ0v) is 11.0. The van der Waals surface area contributed by atoms with E-state index in [1.54, 1.807) is 0 Å². The molecule has 0 aliphatic heterocycles. The molecule has 1 aromatic carbocycles. The smallest absolute Gasteiger partial charge is 0.308 e. The van der Waals surface area contributed by atoms with Gasteiger partial charge in [-0.1, -0.05) is 50.3 Å². The molecule has 0 fully saturated rings. The lowest BCUT2D eigenvalue weighted by molar-refractivity contribution is -0.144. The summed E-state index contributed by atoms with van der Waals surface area (Å²) < 4.78 is 4.64. The van der Waals surface area contributed by atoms with Crippen molar-refractivity contribution in [1.29, 1.82) is 0 Å². The largest absolute Gasteiger partial charge is 0.469 e. The van der Waals surface area contributed by atoms with Gasteiger partial charge in [-0.2, -0.15) is 0 Å². The van der Waals surface area contributed by atoms with Crippen molar-refractivity contribution in [3.8, 4) is 0 Å². The fourth-order valence-corrected chi connectivity index (χ4v) is 1.98. The number of esters is 1. The molecule has 0 amide bonds. The standard InChI is InChI=1S/C15H20O3/c1-4-10-15(17,11-14(16)18-3)12(2)13-8-6-5-7-9-13/h5-9,17H,2,4,10-11H2,1,3H3. The maximum Gasteiger partial charge on any atom is 0.308 e. The molecule has 0 radical (unpaired) electrons. The minimum absolute atomic E-state index is 0.0644. The first-order valence-corrected chi connectivity index (χ1v) is 6.07. The van der Waals surface area contributed by atoms with Crippen molar-refractivity contribution in [1.82, 2.24) is 0 Å². The molecule has 1 atom stereocenters. The molecule has 1 rings (SSSR count). The van der Waals surface area contributed by atoms with Crippen LogP contribution in [0.1, 0.15) is 31.7 Å². The van der Waals surface area contributed by atoms with Gasteiger partial charge in [-0.15, -0.1) is 0 Å². The molecule has 18 heavy (non-hydrogen) atoms. The van der Waals surface area contributed by atoms with Crippen LogP contribution in [0.2, 0.25) is 0 Å². The molecular weight excluding hydrogens is 228 g/mol. The number of hydrogen-bond donors (Lipinski definition) is 1. The Hall–Kier alpha value is -1.61. The Morgan fingerprint density at radius 2 is 2.00 bits per heavy atom. The van der Waals surface area contributed by atoms with Gasteiger partial charge >= 0.3 is 5.97 Å². The summed E-state index contributed by atoms with van der Waals surface area (Å²) in [5.41, 5.74) is 0.177. The van der Waals surface area contributed by atoms with Gasteiger partial charge in [0.1, 0.15) is 5.60 Å². The van der Waals surface area contributed by atoms with Crippen LogP contribution < -0.4 is 0 Å². The molecule has 0 aliphatic carbocycles. The van der Waals surface area contributed by atoms with Gasteiger partial charge in [0.25, 0.3) is 0 Å². The van der Waals surface area contributed by atoms with E-state index in [0.29, 0.717) is 12.0 Å². The average Bonchev–Trinajstić information content (AvgIpc) is 2.39. The highest BCUT2D eigenvalue weighted by molar-refractivity contribution is 5.78. The predicted octanol–water partition coefficient (Wildman–Crippen LogP) is 2.79. The summed E-state index contributed by atoms with van der Waals surface area (Å²) in [5.74, 6) is -0.428. The Morgan fingerprint density at radius 3 is 2.50 bits per heavy atom. The van der Waals surface area contributed by atoms with Gasteiger partial charge < -0.3 is 9.84 Å². The van der Waals surface area contributed by atoms with Gasteiger partial charge in [-0.25, -0.2) is 0 Å². The number of methoxy groups -OCH3 is 1. The van der Waals surface area contributed by atoms with E-state index in [9.17, 15) is 9.90 Å². The van der Waals surface area contributed by atoms with E-state index in [1.165, 1.54) is 7.11 Å². The first-order chi connectivity index (χ1) is 8.53. The van der Waals surface area contributed by atoms with Crippen LogP contribution in [0.15, 0.2) is 36.9 Å². The second-order valence-corrected chi connectivity index (χ2v) is 4.38. The number of carbonyl (C=O) groups is 1. The zero-order chi connectivity index (χ0) is 13.6. The normalized spacial score (nSPS) is 13.7. The van der Waals surface area contributed by atoms with Crippen LogP contribution in [0.4, 0.5) is 0 Å². The van der Waals surface area contributed by atoms with Gasteiger partial charge in [0.15, 0.2) is 0 Å². The summed E-state index contributed by atoms with van der Waals surface area (Å²) in [6, 6.07) is 9.41. The highest BCUT2D eigenvalue weighted by atomic mass is 16.5. The fourth-order valence-electron chi connectivity index (χ4n) is 1.98. The van der Waals surface area contributed by atoms with Crippen LogP contribution in [0, 0.1) is 0 Å². The van der Waals surface area contributed by atoms with Gasteiger partial charge in [0.2, 0.25) is 0 Å². The number of hydrogen-bond acceptors (Lipinski definition) is 3. The highest BCUT2D eigenvalue weighted by Crippen LogP contribution is 2.33. The van der Waals surface area contributed by atoms with Crippen molar-refractivity contribution in [2.75, 3.05) is 7.11 Å². The van der Waals surface area contributed by atoms with Crippen LogP contribution in [0.3, 0.4) is 0 Å². The minimum atomic E-state index is -1.23. The third-order valence-corrected chi connectivity index (χ3v) is 3.01. The molecule has 0 bridgehead atoms. The van der Waals surface area contributed by atoms with Gasteiger partial charge in [0.05, 0.1) is 13.5 Å². The van der Waals surface area contributed by atoms with Crippen LogP contribution >= 0.6 is 0 Å². The molecule has 0 saturated carbocycles. The van der Waals surface area contributed by atoms with Crippen molar-refractivity contribution < 1.29 is 14.6 Å². The molecular formula is C15H20O3. The van der Waals surface area contributed by atoms with E-state index >= 15 is 0 Å². The molecule has 0 saturated heterocycles. The monoisotopic (exact) mass is 248 g/mol.